The predicted molar refractivity (Wildman–Crippen MR) is 206 cm³/mol. The van der Waals surface area contributed by atoms with Crippen molar-refractivity contribution < 1.29 is 51.0 Å². The fourth-order valence-corrected chi connectivity index (χ4v) is 11.7. The number of hydrogen-bond donors (Lipinski definition) is 0. The van der Waals surface area contributed by atoms with E-state index in [-0.39, 0.29) is 52.0 Å². The summed E-state index contributed by atoms with van der Waals surface area (Å²) < 4.78 is 18.2. The molecule has 2 atom stereocenters. The number of carbonyl (C=O) groups excluding carboxylic acids is 2. The SMILES string of the molecule is COc1ccc(COC(=O)C(N2C[C@H]([C@@H](C)O[Si](C)(C)C(C)(C)C)C2=O)=P(c2ccccc2)(c2ccccc2)c2ccccc2)cc1.O=[N+]([O-])[O-].[Ag+]. The molecule has 0 radical (unpaired) electrons. The summed E-state index contributed by atoms with van der Waals surface area (Å²) in [6.07, 6.45) is -0.283. The molecular formula is C39H46AgN2O8PSi. The van der Waals surface area contributed by atoms with Crippen LogP contribution in [0.1, 0.15) is 33.3 Å². The number of likely N-dealkylation sites (tertiary alicyclic amines) is 1. The zero-order valence-corrected chi connectivity index (χ0v) is 33.8. The third kappa shape index (κ3) is 9.52. The molecule has 0 aromatic heterocycles. The van der Waals surface area contributed by atoms with Crippen molar-refractivity contribution in [2.75, 3.05) is 13.7 Å². The minimum Gasteiger partial charge on any atom is -0.497 e. The molecule has 10 nitrogen and oxygen atoms in total. The van der Waals surface area contributed by atoms with E-state index in [2.05, 4.69) is 70.3 Å². The van der Waals surface area contributed by atoms with Crippen LogP contribution in [0.25, 0.3) is 0 Å². The van der Waals surface area contributed by atoms with Gasteiger partial charge in [-0.3, -0.25) is 4.79 Å². The number of β-lactam (4-membered cyclic amide) rings is 1. The molecule has 280 valence electrons. The number of amides is 1. The van der Waals surface area contributed by atoms with Crippen molar-refractivity contribution in [3.05, 3.63) is 136 Å². The van der Waals surface area contributed by atoms with Gasteiger partial charge in [0.2, 0.25) is 5.91 Å². The van der Waals surface area contributed by atoms with Crippen LogP contribution in [-0.4, -0.2) is 55.4 Å². The molecular weight excluding hydrogens is 791 g/mol. The molecule has 0 bridgehead atoms. The van der Waals surface area contributed by atoms with Gasteiger partial charge in [-0.05, 0) is 58.7 Å². The van der Waals surface area contributed by atoms with E-state index in [0.29, 0.717) is 12.0 Å². The van der Waals surface area contributed by atoms with Gasteiger partial charge in [-0.2, -0.15) is 0 Å². The number of nitrogens with zero attached hydrogens (tertiary/aromatic N) is 2. The van der Waals surface area contributed by atoms with Gasteiger partial charge in [0.15, 0.2) is 8.32 Å². The monoisotopic (exact) mass is 836 g/mol. The summed E-state index contributed by atoms with van der Waals surface area (Å²) in [5, 5.41) is 17.7. The number of ether oxygens (including phenoxy) is 2. The summed E-state index contributed by atoms with van der Waals surface area (Å²) in [5.41, 5.74) is 1.21. The molecule has 52 heavy (non-hydrogen) atoms. The largest absolute Gasteiger partial charge is 1.00 e. The van der Waals surface area contributed by atoms with Crippen LogP contribution in [0.15, 0.2) is 115 Å². The van der Waals surface area contributed by atoms with Crippen LogP contribution in [0.4, 0.5) is 0 Å². The fourth-order valence-electron chi connectivity index (χ4n) is 5.85. The summed E-state index contributed by atoms with van der Waals surface area (Å²) in [7, 11) is -0.520. The van der Waals surface area contributed by atoms with Gasteiger partial charge in [0.05, 0.1) is 24.2 Å². The van der Waals surface area contributed by atoms with Gasteiger partial charge >= 0.3 is 28.3 Å². The van der Waals surface area contributed by atoms with Crippen molar-refractivity contribution in [2.24, 2.45) is 5.92 Å². The van der Waals surface area contributed by atoms with E-state index in [0.717, 1.165) is 27.2 Å². The van der Waals surface area contributed by atoms with Crippen molar-refractivity contribution in [3.8, 4) is 5.75 Å². The first-order chi connectivity index (χ1) is 24.1. The molecule has 1 aliphatic rings. The van der Waals surface area contributed by atoms with Crippen molar-refractivity contribution >= 4 is 48.4 Å². The first-order valence-electron chi connectivity index (χ1n) is 16.7. The molecule has 1 amide bonds. The number of carbonyl (C=O) groups is 2. The van der Waals surface area contributed by atoms with E-state index >= 15 is 0 Å². The summed E-state index contributed by atoms with van der Waals surface area (Å²) >= 11 is 0. The Balaban J connectivity index is 0.00000139. The topological polar surface area (TPSA) is 131 Å². The van der Waals surface area contributed by atoms with Gasteiger partial charge in [-0.15, -0.1) is 0 Å². The summed E-state index contributed by atoms with van der Waals surface area (Å²) in [6, 6.07) is 37.7. The zero-order chi connectivity index (χ0) is 37.4. The summed E-state index contributed by atoms with van der Waals surface area (Å²) in [6.45, 7) is 10.5. The first kappa shape index (κ1) is 42.4. The van der Waals surface area contributed by atoms with Crippen LogP contribution in [0.3, 0.4) is 0 Å². The molecule has 0 N–H and O–H groups in total. The van der Waals surface area contributed by atoms with Gasteiger partial charge in [0.1, 0.15) is 17.8 Å². The standard InChI is InChI=1S/C39H46NO5PSi.Ag.NO3/c1-29(45-47(6,7)39(2,3)4)35-27-40(36(35)41)37(38(42)44-28-30-23-25-31(43-5)26-24-30)46(32-17-11-8-12-18-32,33-19-13-9-14-20-33)34-21-15-10-16-22-34;;2-1(3)4/h8-26,29,35H,27-28H2,1-7H3;;/q;+1;-1/t29-,35-;;/m1../s1. The minimum absolute atomic E-state index is 0. The van der Waals surface area contributed by atoms with E-state index in [1.54, 1.807) is 12.0 Å². The number of hydrogen-bond acceptors (Lipinski definition) is 8. The molecule has 1 fully saturated rings. The second-order valence-electron chi connectivity index (χ2n) is 13.8. The van der Waals surface area contributed by atoms with Crippen molar-refractivity contribution in [1.82, 2.24) is 4.90 Å². The molecule has 4 aromatic carbocycles. The second kappa shape index (κ2) is 18.2. The van der Waals surface area contributed by atoms with Crippen molar-refractivity contribution in [3.63, 3.8) is 0 Å². The Labute approximate surface area is 322 Å². The molecule has 13 heteroatoms. The Morgan fingerprint density at radius 2 is 1.29 bits per heavy atom. The quantitative estimate of drug-likeness (QED) is 0.0419. The van der Waals surface area contributed by atoms with Crippen LogP contribution in [-0.2, 0) is 47.7 Å². The first-order valence-corrected chi connectivity index (χ1v) is 21.4. The van der Waals surface area contributed by atoms with Gasteiger partial charge < -0.3 is 34.1 Å². The Bertz CT molecular complexity index is 1750. The Hall–Kier alpha value is -3.96. The Kier molecular flexibility index (Phi) is 14.8. The average molecular weight is 838 g/mol. The fraction of sp³-hybridized carbons (Fsp3) is 0.308. The predicted octanol–water partition coefficient (Wildman–Crippen LogP) is 6.49. The van der Waals surface area contributed by atoms with Gasteiger partial charge in [0, 0.05) is 13.4 Å². The number of benzene rings is 4. The maximum absolute atomic E-state index is 14.7. The van der Waals surface area contributed by atoms with Crippen molar-refractivity contribution in [1.29, 1.82) is 0 Å². The second-order valence-corrected chi connectivity index (χ2v) is 21.9. The average Bonchev–Trinajstić information content (AvgIpc) is 3.10. The summed E-state index contributed by atoms with van der Waals surface area (Å²) in [5.74, 6) is -0.256. The zero-order valence-electron chi connectivity index (χ0n) is 30.4. The molecule has 1 aliphatic heterocycles. The molecule has 0 spiro atoms. The molecule has 0 unspecified atom stereocenters. The third-order valence-electron chi connectivity index (χ3n) is 9.53. The summed E-state index contributed by atoms with van der Waals surface area (Å²) in [4.78, 5) is 39.1. The van der Waals surface area contributed by atoms with Gasteiger partial charge in [0.25, 0.3) is 0 Å². The molecule has 1 saturated heterocycles. The molecule has 5 rings (SSSR count). The van der Waals surface area contributed by atoms with Crippen LogP contribution < -0.4 is 20.7 Å². The number of rotatable bonds is 11. The van der Waals surface area contributed by atoms with E-state index in [4.69, 9.17) is 29.2 Å². The van der Waals surface area contributed by atoms with Crippen LogP contribution in [0.5, 0.6) is 5.75 Å². The van der Waals surface area contributed by atoms with E-state index < -0.39 is 26.3 Å². The number of methoxy groups -OCH3 is 1. The molecule has 4 aromatic rings. The third-order valence-corrected chi connectivity index (χ3v) is 18.4. The van der Waals surface area contributed by atoms with Gasteiger partial charge in [-0.25, -0.2) is 4.79 Å². The Morgan fingerprint density at radius 3 is 1.65 bits per heavy atom. The Morgan fingerprint density at radius 1 is 0.865 bits per heavy atom. The van der Waals surface area contributed by atoms with Gasteiger partial charge in [-0.1, -0.05) is 124 Å². The van der Waals surface area contributed by atoms with Crippen LogP contribution in [0.2, 0.25) is 18.1 Å². The van der Waals surface area contributed by atoms with E-state index in [1.165, 1.54) is 0 Å². The van der Waals surface area contributed by atoms with Crippen LogP contribution in [0, 0.1) is 21.2 Å². The van der Waals surface area contributed by atoms with E-state index in [9.17, 15) is 9.59 Å². The maximum atomic E-state index is 14.7. The molecule has 0 saturated carbocycles. The normalized spacial score (nSPS) is 14.8. The smallest absolute Gasteiger partial charge is 0.497 e. The van der Waals surface area contributed by atoms with Crippen molar-refractivity contribution in [2.45, 2.75) is 58.5 Å². The van der Waals surface area contributed by atoms with Crippen LogP contribution >= 0.6 is 6.89 Å². The van der Waals surface area contributed by atoms with E-state index in [1.807, 2.05) is 85.8 Å². The molecule has 0 aliphatic carbocycles. The number of esters is 1. The molecule has 1 heterocycles. The minimum atomic E-state index is -2.94. The maximum Gasteiger partial charge on any atom is 1.00 e.